The lowest BCUT2D eigenvalue weighted by atomic mass is 10.2. The molecule has 1 aliphatic heterocycles. The molecule has 5 nitrogen and oxygen atoms in total. The van der Waals surface area contributed by atoms with Gasteiger partial charge in [-0.15, -0.1) is 0 Å². The van der Waals surface area contributed by atoms with Gasteiger partial charge < -0.3 is 10.6 Å². The summed E-state index contributed by atoms with van der Waals surface area (Å²) in [5.74, 6) is -0.0304. The Kier molecular flexibility index (Phi) is 3.69. The Labute approximate surface area is 99.6 Å². The molecule has 0 saturated carbocycles. The molecule has 0 radical (unpaired) electrons. The number of amides is 2. The van der Waals surface area contributed by atoms with Crippen LogP contribution >= 0.6 is 0 Å². The smallest absolute Gasteiger partial charge is 0.222 e. The Morgan fingerprint density at radius 1 is 1.53 bits per heavy atom. The van der Waals surface area contributed by atoms with Crippen LogP contribution in [0.1, 0.15) is 18.5 Å². The zero-order valence-corrected chi connectivity index (χ0v) is 9.48. The highest BCUT2D eigenvalue weighted by atomic mass is 16.2. The minimum atomic E-state index is -0.0567. The Balaban J connectivity index is 1.73. The van der Waals surface area contributed by atoms with E-state index in [9.17, 15) is 9.59 Å². The summed E-state index contributed by atoms with van der Waals surface area (Å²) in [4.78, 5) is 26.7. The summed E-state index contributed by atoms with van der Waals surface area (Å²) in [6, 6.07) is 5.59. The van der Waals surface area contributed by atoms with E-state index in [-0.39, 0.29) is 17.9 Å². The fraction of sp³-hybridized carbons (Fsp3) is 0.417. The van der Waals surface area contributed by atoms with Gasteiger partial charge in [-0.1, -0.05) is 6.07 Å². The number of nitrogens with zero attached hydrogens (tertiary/aromatic N) is 1. The van der Waals surface area contributed by atoms with Crippen molar-refractivity contribution >= 4 is 11.8 Å². The first kappa shape index (κ1) is 11.6. The van der Waals surface area contributed by atoms with Gasteiger partial charge >= 0.3 is 0 Å². The summed E-state index contributed by atoms with van der Waals surface area (Å²) in [6.45, 7) is 0.536. The fourth-order valence-electron chi connectivity index (χ4n) is 1.79. The van der Waals surface area contributed by atoms with Gasteiger partial charge in [0, 0.05) is 31.3 Å². The van der Waals surface area contributed by atoms with E-state index in [0.717, 1.165) is 5.69 Å². The first-order chi connectivity index (χ1) is 8.24. The van der Waals surface area contributed by atoms with Crippen molar-refractivity contribution in [2.75, 3.05) is 6.54 Å². The van der Waals surface area contributed by atoms with E-state index in [2.05, 4.69) is 15.6 Å². The quantitative estimate of drug-likeness (QED) is 0.770. The maximum atomic E-state index is 11.6. The van der Waals surface area contributed by atoms with E-state index in [4.69, 9.17) is 0 Å². The van der Waals surface area contributed by atoms with Crippen LogP contribution in [0.5, 0.6) is 0 Å². The third-order valence-corrected chi connectivity index (χ3v) is 2.68. The van der Waals surface area contributed by atoms with Crippen molar-refractivity contribution < 1.29 is 9.59 Å². The second kappa shape index (κ2) is 5.43. The van der Waals surface area contributed by atoms with Crippen LogP contribution in [0, 0.1) is 0 Å². The van der Waals surface area contributed by atoms with Crippen LogP contribution in [0.2, 0.25) is 0 Å². The molecule has 2 N–H and O–H groups in total. The molecule has 1 atom stereocenters. The van der Waals surface area contributed by atoms with Gasteiger partial charge in [0.25, 0.3) is 0 Å². The van der Waals surface area contributed by atoms with Crippen LogP contribution < -0.4 is 10.6 Å². The summed E-state index contributed by atoms with van der Waals surface area (Å²) in [5, 5.41) is 5.51. The fourth-order valence-corrected chi connectivity index (χ4v) is 1.79. The molecule has 1 aromatic heterocycles. The first-order valence-corrected chi connectivity index (χ1v) is 5.70. The molecule has 0 spiro atoms. The molecule has 0 bridgehead atoms. The SMILES string of the molecule is O=C1CC(NC(=O)CCc2ccccn2)CN1. The van der Waals surface area contributed by atoms with E-state index < -0.39 is 0 Å². The lowest BCUT2D eigenvalue weighted by Gasteiger charge is -2.09. The van der Waals surface area contributed by atoms with Gasteiger partial charge in [0.05, 0.1) is 6.04 Å². The maximum Gasteiger partial charge on any atom is 0.222 e. The third kappa shape index (κ3) is 3.55. The molecule has 5 heteroatoms. The molecule has 1 fully saturated rings. The van der Waals surface area contributed by atoms with Crippen LogP contribution in [0.4, 0.5) is 0 Å². The van der Waals surface area contributed by atoms with Crippen LogP contribution in [-0.4, -0.2) is 29.4 Å². The molecule has 2 heterocycles. The minimum Gasteiger partial charge on any atom is -0.354 e. The lowest BCUT2D eigenvalue weighted by Crippen LogP contribution is -2.36. The van der Waals surface area contributed by atoms with Gasteiger partial charge in [-0.05, 0) is 18.6 Å². The predicted molar refractivity (Wildman–Crippen MR) is 62.1 cm³/mol. The topological polar surface area (TPSA) is 71.1 Å². The van der Waals surface area contributed by atoms with Gasteiger partial charge in [0.1, 0.15) is 0 Å². The summed E-state index contributed by atoms with van der Waals surface area (Å²) in [6.07, 6.45) is 3.13. The first-order valence-electron chi connectivity index (χ1n) is 5.70. The normalized spacial score (nSPS) is 18.8. The molecular weight excluding hydrogens is 218 g/mol. The highest BCUT2D eigenvalue weighted by Gasteiger charge is 2.22. The maximum absolute atomic E-state index is 11.6. The number of aromatic nitrogens is 1. The molecule has 0 aromatic carbocycles. The average Bonchev–Trinajstić information content (AvgIpc) is 2.73. The van der Waals surface area contributed by atoms with Crippen LogP contribution in [-0.2, 0) is 16.0 Å². The zero-order chi connectivity index (χ0) is 12.1. The Morgan fingerprint density at radius 3 is 3.06 bits per heavy atom. The lowest BCUT2D eigenvalue weighted by molar-refractivity contribution is -0.121. The monoisotopic (exact) mass is 233 g/mol. The third-order valence-electron chi connectivity index (χ3n) is 2.68. The predicted octanol–water partition coefficient (Wildman–Crippen LogP) is 0.0189. The van der Waals surface area contributed by atoms with Crippen molar-refractivity contribution in [2.24, 2.45) is 0 Å². The largest absolute Gasteiger partial charge is 0.354 e. The summed E-state index contributed by atoms with van der Waals surface area (Å²) >= 11 is 0. The number of carbonyl (C=O) groups is 2. The second-order valence-electron chi connectivity index (χ2n) is 4.09. The standard InChI is InChI=1S/C12H15N3O2/c16-11(15-10-7-12(17)14-8-10)5-4-9-3-1-2-6-13-9/h1-3,6,10H,4-5,7-8H2,(H,14,17)(H,15,16). The molecule has 2 rings (SSSR count). The zero-order valence-electron chi connectivity index (χ0n) is 9.48. The van der Waals surface area contributed by atoms with Gasteiger partial charge in [0.15, 0.2) is 0 Å². The summed E-state index contributed by atoms with van der Waals surface area (Å²) < 4.78 is 0. The van der Waals surface area contributed by atoms with Crippen molar-refractivity contribution in [3.8, 4) is 0 Å². The van der Waals surface area contributed by atoms with Crippen molar-refractivity contribution in [1.82, 2.24) is 15.6 Å². The van der Waals surface area contributed by atoms with Crippen LogP contribution in [0.25, 0.3) is 0 Å². The molecule has 1 aromatic rings. The van der Waals surface area contributed by atoms with E-state index >= 15 is 0 Å². The van der Waals surface area contributed by atoms with Crippen molar-refractivity contribution in [1.29, 1.82) is 0 Å². The minimum absolute atomic E-state index is 0.0000241. The Hall–Kier alpha value is -1.91. The van der Waals surface area contributed by atoms with Crippen LogP contribution in [0.3, 0.4) is 0 Å². The number of carbonyl (C=O) groups excluding carboxylic acids is 2. The van der Waals surface area contributed by atoms with Gasteiger partial charge in [-0.2, -0.15) is 0 Å². The Bertz CT molecular complexity index is 405. The van der Waals surface area contributed by atoms with Crippen molar-refractivity contribution in [3.05, 3.63) is 30.1 Å². The van der Waals surface area contributed by atoms with E-state index in [1.807, 2.05) is 18.2 Å². The average molecular weight is 233 g/mol. The second-order valence-corrected chi connectivity index (χ2v) is 4.09. The molecule has 1 aliphatic rings. The van der Waals surface area contributed by atoms with Crippen LogP contribution in [0.15, 0.2) is 24.4 Å². The number of hydrogen-bond acceptors (Lipinski definition) is 3. The number of pyridine rings is 1. The molecule has 2 amide bonds. The number of aryl methyl sites for hydroxylation is 1. The van der Waals surface area contributed by atoms with Gasteiger partial charge in [-0.3, -0.25) is 14.6 Å². The van der Waals surface area contributed by atoms with Gasteiger partial charge in [0.2, 0.25) is 11.8 Å². The highest BCUT2D eigenvalue weighted by molar-refractivity contribution is 5.82. The summed E-state index contributed by atoms with van der Waals surface area (Å²) in [7, 11) is 0. The molecule has 90 valence electrons. The molecule has 1 unspecified atom stereocenters. The van der Waals surface area contributed by atoms with E-state index in [1.54, 1.807) is 6.20 Å². The molecular formula is C12H15N3O2. The van der Waals surface area contributed by atoms with Crippen molar-refractivity contribution in [3.63, 3.8) is 0 Å². The molecule has 0 aliphatic carbocycles. The van der Waals surface area contributed by atoms with Crippen molar-refractivity contribution in [2.45, 2.75) is 25.3 Å². The summed E-state index contributed by atoms with van der Waals surface area (Å²) in [5.41, 5.74) is 0.906. The molecule has 1 saturated heterocycles. The number of nitrogens with one attached hydrogen (secondary N) is 2. The Morgan fingerprint density at radius 2 is 2.41 bits per heavy atom. The van der Waals surface area contributed by atoms with E-state index in [1.165, 1.54) is 0 Å². The number of rotatable bonds is 4. The molecule has 17 heavy (non-hydrogen) atoms. The number of hydrogen-bond donors (Lipinski definition) is 2. The van der Waals surface area contributed by atoms with E-state index in [0.29, 0.717) is 25.8 Å². The highest BCUT2D eigenvalue weighted by Crippen LogP contribution is 2.02. The van der Waals surface area contributed by atoms with Gasteiger partial charge in [-0.25, -0.2) is 0 Å².